The fraction of sp³-hybridized carbons (Fsp3) is 0.333. The fourth-order valence-corrected chi connectivity index (χ4v) is 4.25. The number of hydrogen-bond acceptors (Lipinski definition) is 3. The van der Waals surface area contributed by atoms with Crippen molar-refractivity contribution in [1.29, 1.82) is 0 Å². The van der Waals surface area contributed by atoms with E-state index in [-0.39, 0.29) is 28.3 Å². The summed E-state index contributed by atoms with van der Waals surface area (Å²) in [7, 11) is 0. The van der Waals surface area contributed by atoms with Gasteiger partial charge < -0.3 is 10.6 Å². The van der Waals surface area contributed by atoms with Crippen LogP contribution in [0.3, 0.4) is 0 Å². The van der Waals surface area contributed by atoms with Crippen LogP contribution >= 0.6 is 23.2 Å². The lowest BCUT2D eigenvalue weighted by Crippen LogP contribution is -2.54. The van der Waals surface area contributed by atoms with Gasteiger partial charge in [0.1, 0.15) is 10.8 Å². The summed E-state index contributed by atoms with van der Waals surface area (Å²) in [4.78, 5) is 16.9. The fourth-order valence-electron chi connectivity index (χ4n) is 3.91. The van der Waals surface area contributed by atoms with Crippen LogP contribution in [-0.2, 0) is 0 Å². The molecule has 1 aromatic carbocycles. The Balaban J connectivity index is 1.65. The van der Waals surface area contributed by atoms with E-state index in [0.717, 1.165) is 24.9 Å². The quantitative estimate of drug-likeness (QED) is 0.817. The molecule has 4 nitrogen and oxygen atoms in total. The molecule has 124 valence electrons. The van der Waals surface area contributed by atoms with E-state index >= 15 is 0 Å². The van der Waals surface area contributed by atoms with Crippen molar-refractivity contribution in [3.05, 3.63) is 63.9 Å². The molecule has 3 aliphatic rings. The van der Waals surface area contributed by atoms with E-state index in [1.807, 2.05) is 30.3 Å². The van der Waals surface area contributed by atoms with Crippen molar-refractivity contribution in [2.75, 3.05) is 6.54 Å². The minimum atomic E-state index is -0.303. The van der Waals surface area contributed by atoms with Crippen LogP contribution in [0.2, 0.25) is 10.2 Å². The van der Waals surface area contributed by atoms with Gasteiger partial charge in [0.2, 0.25) is 0 Å². The Morgan fingerprint density at radius 2 is 1.96 bits per heavy atom. The lowest BCUT2D eigenvalue weighted by atomic mass is 9.67. The monoisotopic (exact) mass is 361 g/mol. The topological polar surface area (TPSA) is 54.0 Å². The number of fused-ring (bicyclic) bond motifs is 1. The first-order valence-electron chi connectivity index (χ1n) is 8.00. The standard InChI is InChI=1S/C18H17Cl2N3O/c19-13-6-7-14(20)22-15(13)17(24)23-16(12-4-2-1-3-5-12)18-8-11(9-18)10-21-18/h1-7,11,16,21H,8-10H2,(H,23,24). The van der Waals surface area contributed by atoms with Crippen molar-refractivity contribution in [2.45, 2.75) is 24.4 Å². The SMILES string of the molecule is O=C(NC(c1ccccc1)C12CC(CN1)C2)c1nc(Cl)ccc1Cl. The molecule has 1 aromatic heterocycles. The van der Waals surface area contributed by atoms with E-state index < -0.39 is 0 Å². The summed E-state index contributed by atoms with van der Waals surface area (Å²) < 4.78 is 0. The summed E-state index contributed by atoms with van der Waals surface area (Å²) in [6.07, 6.45) is 2.15. The van der Waals surface area contributed by atoms with Gasteiger partial charge in [-0.2, -0.15) is 0 Å². The number of pyridine rings is 1. The molecule has 24 heavy (non-hydrogen) atoms. The van der Waals surface area contributed by atoms with Gasteiger partial charge in [0.15, 0.2) is 0 Å². The number of hydrogen-bond donors (Lipinski definition) is 2. The second-order valence-corrected chi connectivity index (χ2v) is 7.39. The van der Waals surface area contributed by atoms with Gasteiger partial charge in [-0.3, -0.25) is 4.79 Å². The molecule has 2 bridgehead atoms. The summed E-state index contributed by atoms with van der Waals surface area (Å²) in [5.41, 5.74) is 1.17. The molecule has 2 N–H and O–H groups in total. The average Bonchev–Trinajstić information content (AvgIpc) is 3.17. The first kappa shape index (κ1) is 15.9. The number of carbonyl (C=O) groups is 1. The largest absolute Gasteiger partial charge is 0.342 e. The minimum Gasteiger partial charge on any atom is -0.342 e. The maximum absolute atomic E-state index is 12.8. The molecular formula is C18H17Cl2N3O. The first-order valence-corrected chi connectivity index (χ1v) is 8.76. The van der Waals surface area contributed by atoms with Gasteiger partial charge in [0, 0.05) is 5.54 Å². The number of amides is 1. The highest BCUT2D eigenvalue weighted by Gasteiger charge is 2.55. The van der Waals surface area contributed by atoms with Gasteiger partial charge in [0.05, 0.1) is 11.1 Å². The van der Waals surface area contributed by atoms with Crippen LogP contribution in [0.4, 0.5) is 0 Å². The number of aromatic nitrogens is 1. The molecule has 1 unspecified atom stereocenters. The molecule has 1 aliphatic carbocycles. The van der Waals surface area contributed by atoms with Crippen molar-refractivity contribution in [1.82, 2.24) is 15.6 Å². The van der Waals surface area contributed by atoms with Gasteiger partial charge in [-0.25, -0.2) is 4.98 Å². The summed E-state index contributed by atoms with van der Waals surface area (Å²) in [5, 5.41) is 7.28. The lowest BCUT2D eigenvalue weighted by molar-refractivity contribution is 0.0858. The molecule has 2 aromatic rings. The smallest absolute Gasteiger partial charge is 0.272 e. The van der Waals surface area contributed by atoms with E-state index in [1.54, 1.807) is 12.1 Å². The molecule has 3 heterocycles. The molecule has 5 rings (SSSR count). The highest BCUT2D eigenvalue weighted by molar-refractivity contribution is 6.34. The van der Waals surface area contributed by atoms with Crippen LogP contribution < -0.4 is 10.6 Å². The molecule has 2 saturated heterocycles. The zero-order chi connectivity index (χ0) is 16.7. The van der Waals surface area contributed by atoms with Crippen molar-refractivity contribution in [3.63, 3.8) is 0 Å². The van der Waals surface area contributed by atoms with E-state index in [4.69, 9.17) is 23.2 Å². The van der Waals surface area contributed by atoms with E-state index in [1.165, 1.54) is 0 Å². The third kappa shape index (κ3) is 2.69. The van der Waals surface area contributed by atoms with Crippen molar-refractivity contribution >= 4 is 29.1 Å². The van der Waals surface area contributed by atoms with E-state index in [9.17, 15) is 4.79 Å². The van der Waals surface area contributed by atoms with Crippen LogP contribution in [0.15, 0.2) is 42.5 Å². The molecule has 0 spiro atoms. The predicted molar refractivity (Wildman–Crippen MR) is 94.4 cm³/mol. The second kappa shape index (κ2) is 6.03. The molecule has 1 saturated carbocycles. The summed E-state index contributed by atoms with van der Waals surface area (Å²) in [5.74, 6) is 0.406. The number of benzene rings is 1. The van der Waals surface area contributed by atoms with Crippen LogP contribution in [0.1, 0.15) is 34.9 Å². The zero-order valence-corrected chi connectivity index (χ0v) is 14.4. The Bertz CT molecular complexity index is 770. The Morgan fingerprint density at radius 3 is 2.62 bits per heavy atom. The van der Waals surface area contributed by atoms with Gasteiger partial charge in [-0.15, -0.1) is 0 Å². The van der Waals surface area contributed by atoms with Crippen LogP contribution in [-0.4, -0.2) is 23.0 Å². The lowest BCUT2D eigenvalue weighted by Gasteiger charge is -2.44. The third-order valence-corrected chi connectivity index (χ3v) is 5.55. The predicted octanol–water partition coefficient (Wildman–Crippen LogP) is 3.61. The van der Waals surface area contributed by atoms with Gasteiger partial charge in [-0.05, 0) is 43.0 Å². The average molecular weight is 362 g/mol. The molecule has 1 atom stereocenters. The second-order valence-electron chi connectivity index (χ2n) is 6.59. The molecular weight excluding hydrogens is 345 g/mol. The maximum Gasteiger partial charge on any atom is 0.272 e. The maximum atomic E-state index is 12.8. The Kier molecular flexibility index (Phi) is 3.99. The summed E-state index contributed by atoms with van der Waals surface area (Å²) in [6, 6.07) is 13.1. The minimum absolute atomic E-state index is 0.0767. The number of nitrogens with one attached hydrogen (secondary N) is 2. The van der Waals surface area contributed by atoms with Crippen LogP contribution in [0.5, 0.6) is 0 Å². The molecule has 1 amide bonds. The Labute approximate surface area is 150 Å². The Hall–Kier alpha value is -1.62. The molecule has 6 heteroatoms. The van der Waals surface area contributed by atoms with Gasteiger partial charge in [-0.1, -0.05) is 53.5 Å². The van der Waals surface area contributed by atoms with Crippen molar-refractivity contribution in [3.8, 4) is 0 Å². The van der Waals surface area contributed by atoms with Gasteiger partial charge in [0.25, 0.3) is 5.91 Å². The highest BCUT2D eigenvalue weighted by atomic mass is 35.5. The molecule has 3 fully saturated rings. The number of nitrogens with zero attached hydrogens (tertiary/aromatic N) is 1. The Morgan fingerprint density at radius 1 is 1.21 bits per heavy atom. The van der Waals surface area contributed by atoms with Crippen LogP contribution in [0, 0.1) is 5.92 Å². The summed E-state index contributed by atoms with van der Waals surface area (Å²) in [6.45, 7) is 1.01. The normalized spacial score (nSPS) is 25.8. The van der Waals surface area contributed by atoms with Crippen LogP contribution in [0.25, 0.3) is 0 Å². The van der Waals surface area contributed by atoms with E-state index in [2.05, 4.69) is 15.6 Å². The molecule has 2 aliphatic heterocycles. The van der Waals surface area contributed by atoms with E-state index in [0.29, 0.717) is 10.9 Å². The zero-order valence-electron chi connectivity index (χ0n) is 12.9. The number of halogens is 2. The molecule has 0 radical (unpaired) electrons. The number of rotatable bonds is 4. The number of carbonyl (C=O) groups excluding carboxylic acids is 1. The van der Waals surface area contributed by atoms with Gasteiger partial charge >= 0.3 is 0 Å². The third-order valence-electron chi connectivity index (χ3n) is 5.04. The highest BCUT2D eigenvalue weighted by Crippen LogP contribution is 2.50. The van der Waals surface area contributed by atoms with Crippen molar-refractivity contribution in [2.24, 2.45) is 5.92 Å². The summed E-state index contributed by atoms with van der Waals surface area (Å²) >= 11 is 12.0. The first-order chi connectivity index (χ1) is 11.6. The van der Waals surface area contributed by atoms with Crippen molar-refractivity contribution < 1.29 is 4.79 Å².